The van der Waals surface area contributed by atoms with Gasteiger partial charge in [-0.1, -0.05) is 12.2 Å². The number of anilines is 1. The lowest BCUT2D eigenvalue weighted by molar-refractivity contribution is -0.119. The van der Waals surface area contributed by atoms with Crippen LogP contribution in [-0.4, -0.2) is 31.0 Å². The number of amides is 1. The third-order valence-electron chi connectivity index (χ3n) is 2.66. The van der Waals surface area contributed by atoms with Gasteiger partial charge in [-0.3, -0.25) is 4.79 Å². The second-order valence-corrected chi connectivity index (χ2v) is 4.25. The summed E-state index contributed by atoms with van der Waals surface area (Å²) in [5, 5.41) is 2.43. The highest BCUT2D eigenvalue weighted by Gasteiger charge is 2.19. The molecule has 1 rings (SSSR count). The molecule has 4 nitrogen and oxygen atoms in total. The van der Waals surface area contributed by atoms with Gasteiger partial charge in [0.2, 0.25) is 5.91 Å². The van der Waals surface area contributed by atoms with Crippen LogP contribution in [0.1, 0.15) is 12.5 Å². The first kappa shape index (κ1) is 15.3. The number of halogens is 2. The average Bonchev–Trinajstić information content (AvgIpc) is 2.38. The van der Waals surface area contributed by atoms with Crippen molar-refractivity contribution in [3.8, 4) is 0 Å². The zero-order chi connectivity index (χ0) is 14.6. The summed E-state index contributed by atoms with van der Waals surface area (Å²) in [5.41, 5.74) is 5.15. The van der Waals surface area contributed by atoms with E-state index >= 15 is 0 Å². The van der Waals surface area contributed by atoms with E-state index in [9.17, 15) is 13.6 Å². The van der Waals surface area contributed by atoms with Gasteiger partial charge in [-0.15, -0.1) is 0 Å². The molecule has 0 unspecified atom stereocenters. The molecule has 0 heterocycles. The number of nitrogens with two attached hydrogens (primary N) is 1. The maximum atomic E-state index is 14.0. The van der Waals surface area contributed by atoms with Crippen molar-refractivity contribution in [2.75, 3.05) is 25.0 Å². The number of rotatable bonds is 5. The van der Waals surface area contributed by atoms with Crippen LogP contribution in [0.2, 0.25) is 0 Å². The third kappa shape index (κ3) is 3.37. The highest BCUT2D eigenvalue weighted by atomic mass is 32.1. The van der Waals surface area contributed by atoms with Crippen molar-refractivity contribution in [3.63, 3.8) is 0 Å². The fourth-order valence-electron chi connectivity index (χ4n) is 1.59. The molecule has 0 aliphatic carbocycles. The summed E-state index contributed by atoms with van der Waals surface area (Å²) in [4.78, 5) is 12.5. The van der Waals surface area contributed by atoms with Gasteiger partial charge in [0.05, 0.1) is 12.2 Å². The first-order valence-corrected chi connectivity index (χ1v) is 6.06. The molecule has 1 aromatic carbocycles. The molecule has 0 aliphatic heterocycles. The Hall–Kier alpha value is -1.76. The van der Waals surface area contributed by atoms with Crippen LogP contribution in [0.5, 0.6) is 0 Å². The maximum absolute atomic E-state index is 14.0. The predicted octanol–water partition coefficient (Wildman–Crippen LogP) is 1.17. The van der Waals surface area contributed by atoms with Gasteiger partial charge in [0.25, 0.3) is 0 Å². The van der Waals surface area contributed by atoms with Crippen LogP contribution in [0.4, 0.5) is 14.5 Å². The highest BCUT2D eigenvalue weighted by molar-refractivity contribution is 7.80. The topological polar surface area (TPSA) is 58.4 Å². The van der Waals surface area contributed by atoms with Gasteiger partial charge >= 0.3 is 0 Å². The molecule has 0 bridgehead atoms. The minimum absolute atomic E-state index is 0.00333. The summed E-state index contributed by atoms with van der Waals surface area (Å²) in [7, 11) is 1.48. The summed E-state index contributed by atoms with van der Waals surface area (Å²) in [5.74, 6) is -2.45. The minimum atomic E-state index is -1.10. The van der Waals surface area contributed by atoms with E-state index in [1.807, 2.05) is 0 Å². The molecule has 0 atom stereocenters. The number of carbonyl (C=O) groups is 1. The van der Waals surface area contributed by atoms with Crippen LogP contribution in [0.3, 0.4) is 0 Å². The van der Waals surface area contributed by atoms with Gasteiger partial charge in [-0.05, 0) is 19.1 Å². The van der Waals surface area contributed by atoms with Crippen LogP contribution >= 0.6 is 12.2 Å². The Bertz CT molecular complexity index is 508. The van der Waals surface area contributed by atoms with Crippen LogP contribution < -0.4 is 16.0 Å². The second-order valence-electron chi connectivity index (χ2n) is 3.81. The van der Waals surface area contributed by atoms with E-state index < -0.39 is 11.6 Å². The minimum Gasteiger partial charge on any atom is -0.389 e. The lowest BCUT2D eigenvalue weighted by Gasteiger charge is -2.23. The quantitative estimate of drug-likeness (QED) is 0.798. The fourth-order valence-corrected chi connectivity index (χ4v) is 1.75. The predicted molar refractivity (Wildman–Crippen MR) is 74.2 cm³/mol. The Morgan fingerprint density at radius 1 is 1.42 bits per heavy atom. The Morgan fingerprint density at radius 3 is 2.53 bits per heavy atom. The molecule has 0 saturated carbocycles. The van der Waals surface area contributed by atoms with Crippen LogP contribution in [0, 0.1) is 11.6 Å². The van der Waals surface area contributed by atoms with Crippen molar-refractivity contribution >= 4 is 28.8 Å². The molecule has 7 heteroatoms. The van der Waals surface area contributed by atoms with Gasteiger partial charge in [0.1, 0.15) is 4.99 Å². The summed E-state index contributed by atoms with van der Waals surface area (Å²) < 4.78 is 27.7. The lowest BCUT2D eigenvalue weighted by Crippen LogP contribution is -2.36. The van der Waals surface area contributed by atoms with Crippen LogP contribution in [-0.2, 0) is 4.79 Å². The number of benzene rings is 1. The van der Waals surface area contributed by atoms with E-state index in [1.54, 1.807) is 6.92 Å². The molecule has 3 N–H and O–H groups in total. The smallest absolute Gasteiger partial charge is 0.239 e. The third-order valence-corrected chi connectivity index (χ3v) is 2.88. The Balaban J connectivity index is 3.16. The van der Waals surface area contributed by atoms with Gasteiger partial charge in [0, 0.05) is 19.2 Å². The van der Waals surface area contributed by atoms with Gasteiger partial charge in [0.15, 0.2) is 11.6 Å². The first-order chi connectivity index (χ1) is 8.92. The second kappa shape index (κ2) is 6.42. The molecule has 0 spiro atoms. The Labute approximate surface area is 115 Å². The van der Waals surface area contributed by atoms with Crippen LogP contribution in [0.15, 0.2) is 12.1 Å². The van der Waals surface area contributed by atoms with Gasteiger partial charge in [-0.2, -0.15) is 0 Å². The summed E-state index contributed by atoms with van der Waals surface area (Å²) in [6.45, 7) is 2.04. The number of hydrogen-bond acceptors (Lipinski definition) is 3. The number of hydrogen-bond donors (Lipinski definition) is 2. The Kier molecular flexibility index (Phi) is 5.17. The Morgan fingerprint density at radius 2 is 2.05 bits per heavy atom. The largest absolute Gasteiger partial charge is 0.389 e. The van der Waals surface area contributed by atoms with E-state index in [4.69, 9.17) is 5.73 Å². The zero-order valence-electron chi connectivity index (χ0n) is 10.7. The van der Waals surface area contributed by atoms with E-state index in [0.717, 1.165) is 0 Å². The molecule has 0 radical (unpaired) electrons. The fraction of sp³-hybridized carbons (Fsp3) is 0.333. The van der Waals surface area contributed by atoms with Gasteiger partial charge in [-0.25, -0.2) is 8.78 Å². The molecule has 19 heavy (non-hydrogen) atoms. The summed E-state index contributed by atoms with van der Waals surface area (Å²) >= 11 is 4.63. The van der Waals surface area contributed by atoms with Crippen molar-refractivity contribution in [3.05, 3.63) is 29.3 Å². The van der Waals surface area contributed by atoms with E-state index in [2.05, 4.69) is 17.5 Å². The van der Waals surface area contributed by atoms with E-state index in [0.29, 0.717) is 6.54 Å². The average molecular weight is 287 g/mol. The number of carbonyl (C=O) groups excluding carboxylic acids is 1. The number of nitrogens with zero attached hydrogens (tertiary/aromatic N) is 1. The summed E-state index contributed by atoms with van der Waals surface area (Å²) in [6.07, 6.45) is 0. The maximum Gasteiger partial charge on any atom is 0.239 e. The van der Waals surface area contributed by atoms with Crippen molar-refractivity contribution in [1.82, 2.24) is 5.32 Å². The van der Waals surface area contributed by atoms with Gasteiger partial charge < -0.3 is 16.0 Å². The molecule has 1 aromatic rings. The van der Waals surface area contributed by atoms with E-state index in [-0.39, 0.29) is 28.7 Å². The van der Waals surface area contributed by atoms with Crippen molar-refractivity contribution in [2.45, 2.75) is 6.92 Å². The SMILES string of the molecule is CCN(CC(=O)NC)c1ccc(C(N)=S)c(F)c1F. The standard InChI is InChI=1S/C12H15F2N3OS/c1-3-17(6-9(18)16-2)8-5-4-7(12(15)19)10(13)11(8)14/h4-5H,3,6H2,1-2H3,(H2,15,19)(H,16,18). The molecule has 0 aliphatic rings. The highest BCUT2D eigenvalue weighted by Crippen LogP contribution is 2.24. The first-order valence-electron chi connectivity index (χ1n) is 5.65. The molecule has 1 amide bonds. The lowest BCUT2D eigenvalue weighted by atomic mass is 10.1. The normalized spacial score (nSPS) is 10.1. The van der Waals surface area contributed by atoms with Crippen molar-refractivity contribution < 1.29 is 13.6 Å². The molecule has 104 valence electrons. The molecular formula is C12H15F2N3OS. The van der Waals surface area contributed by atoms with Crippen LogP contribution in [0.25, 0.3) is 0 Å². The summed E-state index contributed by atoms with van der Waals surface area (Å²) in [6, 6.07) is 2.67. The number of likely N-dealkylation sites (N-methyl/N-ethyl adjacent to an activating group) is 2. The molecule has 0 fully saturated rings. The molecular weight excluding hydrogens is 272 g/mol. The molecule has 0 aromatic heterocycles. The molecule has 0 saturated heterocycles. The number of nitrogens with one attached hydrogen (secondary N) is 1. The zero-order valence-corrected chi connectivity index (χ0v) is 11.5. The number of thiocarbonyl (C=S) groups is 1. The van der Waals surface area contributed by atoms with Crippen molar-refractivity contribution in [1.29, 1.82) is 0 Å². The monoisotopic (exact) mass is 287 g/mol. The van der Waals surface area contributed by atoms with E-state index in [1.165, 1.54) is 24.1 Å². The van der Waals surface area contributed by atoms with Crippen molar-refractivity contribution in [2.24, 2.45) is 5.73 Å².